The van der Waals surface area contributed by atoms with Crippen LogP contribution in [0.4, 0.5) is 0 Å². The fourth-order valence-corrected chi connectivity index (χ4v) is 2.19. The van der Waals surface area contributed by atoms with Crippen molar-refractivity contribution >= 4 is 11.3 Å². The number of thiazole rings is 1. The van der Waals surface area contributed by atoms with E-state index in [-0.39, 0.29) is 0 Å². The number of rotatable bonds is 7. The molecule has 0 aliphatic heterocycles. The highest BCUT2D eigenvalue weighted by Gasteiger charge is 2.08. The van der Waals surface area contributed by atoms with Crippen LogP contribution in [-0.2, 0) is 11.3 Å². The summed E-state index contributed by atoms with van der Waals surface area (Å²) < 4.78 is 5.45. The van der Waals surface area contributed by atoms with E-state index in [2.05, 4.69) is 31.1 Å². The molecule has 0 amide bonds. The van der Waals surface area contributed by atoms with Crippen molar-refractivity contribution in [2.45, 2.75) is 39.8 Å². The molecule has 0 spiro atoms. The molecule has 15 heavy (non-hydrogen) atoms. The zero-order valence-corrected chi connectivity index (χ0v) is 10.6. The Morgan fingerprint density at radius 1 is 1.53 bits per heavy atom. The lowest BCUT2D eigenvalue weighted by molar-refractivity contribution is 0.121. The maximum Gasteiger partial charge on any atom is 0.119 e. The Bertz CT molecular complexity index is 275. The van der Waals surface area contributed by atoms with Crippen LogP contribution in [0.2, 0.25) is 0 Å². The van der Waals surface area contributed by atoms with Gasteiger partial charge in [0.15, 0.2) is 0 Å². The number of hydrogen-bond acceptors (Lipinski definition) is 4. The second kappa shape index (κ2) is 6.93. The first-order valence-electron chi connectivity index (χ1n) is 5.53. The maximum absolute atomic E-state index is 5.45. The Hall–Kier alpha value is -0.450. The predicted molar refractivity (Wildman–Crippen MR) is 64.2 cm³/mol. The van der Waals surface area contributed by atoms with Crippen LogP contribution in [0.3, 0.4) is 0 Å². The molecular formula is C11H20N2OS. The van der Waals surface area contributed by atoms with Crippen molar-refractivity contribution in [3.05, 3.63) is 16.1 Å². The first-order valence-corrected chi connectivity index (χ1v) is 6.35. The van der Waals surface area contributed by atoms with Crippen molar-refractivity contribution in [2.75, 3.05) is 13.2 Å². The molecule has 1 aromatic heterocycles. The lowest BCUT2D eigenvalue weighted by Crippen LogP contribution is -2.16. The summed E-state index contributed by atoms with van der Waals surface area (Å²) in [6.07, 6.45) is 3.01. The van der Waals surface area contributed by atoms with Gasteiger partial charge < -0.3 is 10.1 Å². The highest BCUT2D eigenvalue weighted by Crippen LogP contribution is 2.20. The second-order valence-corrected chi connectivity index (χ2v) is 4.64. The highest BCUT2D eigenvalue weighted by atomic mass is 32.1. The molecule has 0 bridgehead atoms. The number of hydrogen-bond donors (Lipinski definition) is 1. The summed E-state index contributed by atoms with van der Waals surface area (Å²) in [5.41, 5.74) is 0. The highest BCUT2D eigenvalue weighted by molar-refractivity contribution is 7.11. The molecule has 4 heteroatoms. The van der Waals surface area contributed by atoms with Crippen LogP contribution in [0.25, 0.3) is 0 Å². The monoisotopic (exact) mass is 228 g/mol. The number of ether oxygens (including phenoxy) is 1. The van der Waals surface area contributed by atoms with E-state index in [9.17, 15) is 0 Å². The van der Waals surface area contributed by atoms with Crippen LogP contribution in [0.15, 0.2) is 6.20 Å². The smallest absolute Gasteiger partial charge is 0.119 e. The molecule has 3 nitrogen and oxygen atoms in total. The predicted octanol–water partition coefficient (Wildman–Crippen LogP) is 2.74. The summed E-state index contributed by atoms with van der Waals surface area (Å²) in [6, 6.07) is 0.396. The SMILES string of the molecule is CCCOCc1ncc(C(C)NCC)s1. The van der Waals surface area contributed by atoms with Gasteiger partial charge in [0.25, 0.3) is 0 Å². The summed E-state index contributed by atoms with van der Waals surface area (Å²) in [5, 5.41) is 4.44. The number of nitrogens with zero attached hydrogens (tertiary/aromatic N) is 1. The minimum absolute atomic E-state index is 0.396. The van der Waals surface area contributed by atoms with Crippen molar-refractivity contribution < 1.29 is 4.74 Å². The van der Waals surface area contributed by atoms with E-state index in [1.807, 2.05) is 6.20 Å². The van der Waals surface area contributed by atoms with Crippen LogP contribution >= 0.6 is 11.3 Å². The van der Waals surface area contributed by atoms with Gasteiger partial charge in [-0.15, -0.1) is 11.3 Å². The Balaban J connectivity index is 2.41. The molecule has 1 aromatic rings. The Morgan fingerprint density at radius 3 is 3.00 bits per heavy atom. The molecule has 0 saturated heterocycles. The fourth-order valence-electron chi connectivity index (χ4n) is 1.30. The Kier molecular flexibility index (Phi) is 5.83. The molecule has 0 aliphatic carbocycles. The number of aromatic nitrogens is 1. The van der Waals surface area contributed by atoms with Gasteiger partial charge in [0.05, 0.1) is 6.61 Å². The van der Waals surface area contributed by atoms with Gasteiger partial charge >= 0.3 is 0 Å². The van der Waals surface area contributed by atoms with Crippen LogP contribution < -0.4 is 5.32 Å². The fraction of sp³-hybridized carbons (Fsp3) is 0.727. The van der Waals surface area contributed by atoms with E-state index in [4.69, 9.17) is 4.74 Å². The van der Waals surface area contributed by atoms with Gasteiger partial charge in [-0.3, -0.25) is 0 Å². The minimum Gasteiger partial charge on any atom is -0.374 e. The third-order valence-electron chi connectivity index (χ3n) is 2.08. The van der Waals surface area contributed by atoms with Crippen LogP contribution in [-0.4, -0.2) is 18.1 Å². The Morgan fingerprint density at radius 2 is 2.33 bits per heavy atom. The van der Waals surface area contributed by atoms with Gasteiger partial charge in [-0.25, -0.2) is 4.98 Å². The first-order chi connectivity index (χ1) is 7.27. The molecule has 1 atom stereocenters. The largest absolute Gasteiger partial charge is 0.374 e. The van der Waals surface area contributed by atoms with Gasteiger partial charge in [-0.2, -0.15) is 0 Å². The molecule has 0 aromatic carbocycles. The molecule has 0 saturated carbocycles. The summed E-state index contributed by atoms with van der Waals surface area (Å²) >= 11 is 1.73. The lowest BCUT2D eigenvalue weighted by atomic mass is 10.3. The van der Waals surface area contributed by atoms with E-state index >= 15 is 0 Å². The van der Waals surface area contributed by atoms with Crippen molar-refractivity contribution in [1.29, 1.82) is 0 Å². The standard InChI is InChI=1S/C11H20N2OS/c1-4-6-14-8-11-13-7-10(15-11)9(3)12-5-2/h7,9,12H,4-6,8H2,1-3H3. The van der Waals surface area contributed by atoms with Crippen molar-refractivity contribution in [3.63, 3.8) is 0 Å². The van der Waals surface area contributed by atoms with Crippen molar-refractivity contribution in [1.82, 2.24) is 10.3 Å². The maximum atomic E-state index is 5.45. The zero-order chi connectivity index (χ0) is 11.1. The van der Waals surface area contributed by atoms with Crippen molar-refractivity contribution in [2.24, 2.45) is 0 Å². The third kappa shape index (κ3) is 4.28. The first kappa shape index (κ1) is 12.6. The van der Waals surface area contributed by atoms with Crippen LogP contribution in [0, 0.1) is 0 Å². The van der Waals surface area contributed by atoms with E-state index in [1.165, 1.54) is 4.88 Å². The topological polar surface area (TPSA) is 34.1 Å². The molecule has 0 aliphatic rings. The lowest BCUT2D eigenvalue weighted by Gasteiger charge is -2.08. The van der Waals surface area contributed by atoms with Crippen molar-refractivity contribution in [3.8, 4) is 0 Å². The second-order valence-electron chi connectivity index (χ2n) is 3.49. The molecule has 1 heterocycles. The summed E-state index contributed by atoms with van der Waals surface area (Å²) in [5.74, 6) is 0. The molecule has 1 rings (SSSR count). The number of nitrogens with one attached hydrogen (secondary N) is 1. The van der Waals surface area contributed by atoms with Gasteiger partial charge in [0.1, 0.15) is 5.01 Å². The summed E-state index contributed by atoms with van der Waals surface area (Å²) in [4.78, 5) is 5.63. The molecular weight excluding hydrogens is 208 g/mol. The molecule has 1 N–H and O–H groups in total. The van der Waals surface area contributed by atoms with Gasteiger partial charge in [0.2, 0.25) is 0 Å². The normalized spacial score (nSPS) is 13.0. The molecule has 0 fully saturated rings. The van der Waals surface area contributed by atoms with Crippen LogP contribution in [0.1, 0.15) is 43.1 Å². The molecule has 86 valence electrons. The van der Waals surface area contributed by atoms with E-state index in [0.717, 1.165) is 24.6 Å². The Labute approximate surface area is 95.9 Å². The average molecular weight is 228 g/mol. The minimum atomic E-state index is 0.396. The van der Waals surface area contributed by atoms with Gasteiger partial charge in [-0.05, 0) is 19.9 Å². The van der Waals surface area contributed by atoms with E-state index < -0.39 is 0 Å². The van der Waals surface area contributed by atoms with Gasteiger partial charge in [-0.1, -0.05) is 13.8 Å². The third-order valence-corrected chi connectivity index (χ3v) is 3.24. The van der Waals surface area contributed by atoms with E-state index in [0.29, 0.717) is 12.6 Å². The quantitative estimate of drug-likeness (QED) is 0.729. The van der Waals surface area contributed by atoms with Gasteiger partial charge in [0, 0.05) is 23.7 Å². The molecule has 0 radical (unpaired) electrons. The summed E-state index contributed by atoms with van der Waals surface area (Å²) in [6.45, 7) is 8.84. The molecule has 1 unspecified atom stereocenters. The zero-order valence-electron chi connectivity index (χ0n) is 9.75. The summed E-state index contributed by atoms with van der Waals surface area (Å²) in [7, 11) is 0. The van der Waals surface area contributed by atoms with Crippen LogP contribution in [0.5, 0.6) is 0 Å². The average Bonchev–Trinajstić information content (AvgIpc) is 2.67. The van der Waals surface area contributed by atoms with E-state index in [1.54, 1.807) is 11.3 Å².